The van der Waals surface area contributed by atoms with Gasteiger partial charge in [-0.15, -0.1) is 11.8 Å². The summed E-state index contributed by atoms with van der Waals surface area (Å²) in [5.41, 5.74) is -0.0334. The van der Waals surface area contributed by atoms with Crippen molar-refractivity contribution < 1.29 is 14.3 Å². The van der Waals surface area contributed by atoms with Crippen molar-refractivity contribution in [3.8, 4) is 0 Å². The largest absolute Gasteiger partial charge is 0.467 e. The van der Waals surface area contributed by atoms with Crippen molar-refractivity contribution in [2.45, 2.75) is 32.2 Å². The first-order valence-corrected chi connectivity index (χ1v) is 5.89. The molecular weight excluding hydrogens is 214 g/mol. The zero-order valence-corrected chi connectivity index (χ0v) is 10.3. The van der Waals surface area contributed by atoms with Crippen LogP contribution in [0.3, 0.4) is 0 Å². The molecule has 1 saturated heterocycles. The first-order chi connectivity index (χ1) is 6.91. The summed E-state index contributed by atoms with van der Waals surface area (Å²) >= 11 is 1.63. The molecule has 0 unspecified atom stereocenters. The molecule has 15 heavy (non-hydrogen) atoms. The Morgan fingerprint density at radius 1 is 1.53 bits per heavy atom. The minimum atomic E-state index is -0.429. The van der Waals surface area contributed by atoms with Crippen molar-refractivity contribution in [3.05, 3.63) is 0 Å². The van der Waals surface area contributed by atoms with E-state index in [1.807, 2.05) is 0 Å². The summed E-state index contributed by atoms with van der Waals surface area (Å²) in [6.45, 7) is 6.17. The summed E-state index contributed by atoms with van der Waals surface area (Å²) in [4.78, 5) is 24.0. The molecule has 0 spiro atoms. The number of thioether (sulfide) groups is 1. The third-order valence-electron chi connectivity index (χ3n) is 2.38. The number of ether oxygens (including phenoxy) is 1. The molecule has 1 aliphatic heterocycles. The Kier molecular flexibility index (Phi) is 3.65. The van der Waals surface area contributed by atoms with Crippen molar-refractivity contribution in [3.63, 3.8) is 0 Å². The maximum Gasteiger partial charge on any atom is 0.329 e. The van der Waals surface area contributed by atoms with Gasteiger partial charge in [0.05, 0.1) is 12.5 Å². The molecule has 2 atom stereocenters. The Bertz CT molecular complexity index is 262. The summed E-state index contributed by atoms with van der Waals surface area (Å²) in [5, 5.41) is 0.0408. The van der Waals surface area contributed by atoms with Crippen LogP contribution >= 0.6 is 11.8 Å². The standard InChI is InChI=1S/C10H17NO3S/c1-10(2,3)9-11(6-12)7(5-15-9)8(13)14-4/h6-7,9H,5H2,1-4H3/t7-,9+/m1/s1. The zero-order valence-electron chi connectivity index (χ0n) is 9.52. The highest BCUT2D eigenvalue weighted by molar-refractivity contribution is 8.00. The van der Waals surface area contributed by atoms with E-state index in [1.54, 1.807) is 16.7 Å². The lowest BCUT2D eigenvalue weighted by molar-refractivity contribution is -0.149. The highest BCUT2D eigenvalue weighted by Gasteiger charge is 2.43. The molecule has 1 aliphatic rings. The summed E-state index contributed by atoms with van der Waals surface area (Å²) in [6, 6.07) is -0.429. The Morgan fingerprint density at radius 3 is 2.53 bits per heavy atom. The molecule has 1 amide bonds. The van der Waals surface area contributed by atoms with Crippen molar-refractivity contribution in [2.24, 2.45) is 5.41 Å². The van der Waals surface area contributed by atoms with Crippen LogP contribution in [0.2, 0.25) is 0 Å². The molecule has 0 aromatic rings. The number of hydrogen-bond donors (Lipinski definition) is 0. The second-order valence-corrected chi connectivity index (χ2v) is 5.76. The molecule has 0 bridgehead atoms. The normalized spacial score (nSPS) is 26.5. The van der Waals surface area contributed by atoms with E-state index in [9.17, 15) is 9.59 Å². The van der Waals surface area contributed by atoms with E-state index in [0.717, 1.165) is 6.41 Å². The Morgan fingerprint density at radius 2 is 2.13 bits per heavy atom. The van der Waals surface area contributed by atoms with Gasteiger partial charge in [-0.05, 0) is 5.41 Å². The van der Waals surface area contributed by atoms with Crippen LogP contribution in [0.4, 0.5) is 0 Å². The lowest BCUT2D eigenvalue weighted by Crippen LogP contribution is -2.45. The molecule has 0 saturated carbocycles. The fraction of sp³-hybridized carbons (Fsp3) is 0.800. The highest BCUT2D eigenvalue weighted by Crippen LogP contribution is 2.39. The maximum atomic E-state index is 11.4. The molecule has 0 N–H and O–H groups in total. The molecule has 0 aromatic heterocycles. The van der Waals surface area contributed by atoms with E-state index < -0.39 is 6.04 Å². The predicted molar refractivity (Wildman–Crippen MR) is 59.4 cm³/mol. The van der Waals surface area contributed by atoms with Crippen LogP contribution in [0.1, 0.15) is 20.8 Å². The van der Waals surface area contributed by atoms with Gasteiger partial charge in [0.25, 0.3) is 0 Å². The van der Waals surface area contributed by atoms with Gasteiger partial charge < -0.3 is 9.64 Å². The average Bonchev–Trinajstić information content (AvgIpc) is 2.59. The van der Waals surface area contributed by atoms with Crippen LogP contribution in [-0.2, 0) is 14.3 Å². The van der Waals surface area contributed by atoms with Crippen LogP contribution in [0.5, 0.6) is 0 Å². The summed E-state index contributed by atoms with van der Waals surface area (Å²) in [6.07, 6.45) is 0.748. The Labute approximate surface area is 94.3 Å². The fourth-order valence-electron chi connectivity index (χ4n) is 1.67. The number of carbonyl (C=O) groups is 2. The molecular formula is C10H17NO3S. The van der Waals surface area contributed by atoms with Crippen molar-refractivity contribution >= 4 is 24.1 Å². The second kappa shape index (κ2) is 4.43. The molecule has 1 fully saturated rings. The number of methoxy groups -OCH3 is 1. The Balaban J connectivity index is 2.83. The van der Waals surface area contributed by atoms with Gasteiger partial charge >= 0.3 is 5.97 Å². The van der Waals surface area contributed by atoms with Gasteiger partial charge in [0.1, 0.15) is 6.04 Å². The number of hydrogen-bond acceptors (Lipinski definition) is 4. The summed E-state index contributed by atoms with van der Waals surface area (Å²) < 4.78 is 4.67. The van der Waals surface area contributed by atoms with Crippen LogP contribution in [-0.4, -0.2) is 41.6 Å². The van der Waals surface area contributed by atoms with E-state index in [2.05, 4.69) is 25.5 Å². The van der Waals surface area contributed by atoms with Gasteiger partial charge in [-0.1, -0.05) is 20.8 Å². The predicted octanol–water partition coefficient (Wildman–Crippen LogP) is 1.11. The van der Waals surface area contributed by atoms with E-state index in [4.69, 9.17) is 0 Å². The lowest BCUT2D eigenvalue weighted by atomic mass is 9.95. The van der Waals surface area contributed by atoms with E-state index >= 15 is 0 Å². The summed E-state index contributed by atoms with van der Waals surface area (Å²) in [7, 11) is 1.35. The smallest absolute Gasteiger partial charge is 0.329 e. The van der Waals surface area contributed by atoms with Crippen LogP contribution in [0.15, 0.2) is 0 Å². The molecule has 4 nitrogen and oxygen atoms in total. The molecule has 0 aromatic carbocycles. The molecule has 5 heteroatoms. The third kappa shape index (κ3) is 2.45. The quantitative estimate of drug-likeness (QED) is 0.527. The summed E-state index contributed by atoms with van der Waals surface area (Å²) in [5.74, 6) is 0.286. The molecule has 86 valence electrons. The van der Waals surface area contributed by atoms with Crippen molar-refractivity contribution in [2.75, 3.05) is 12.9 Å². The van der Waals surface area contributed by atoms with E-state index in [-0.39, 0.29) is 16.8 Å². The Hall–Kier alpha value is -0.710. The molecule has 0 radical (unpaired) electrons. The minimum absolute atomic E-state index is 0.0334. The highest BCUT2D eigenvalue weighted by atomic mass is 32.2. The van der Waals surface area contributed by atoms with Gasteiger partial charge in [-0.2, -0.15) is 0 Å². The van der Waals surface area contributed by atoms with Crippen molar-refractivity contribution in [1.29, 1.82) is 0 Å². The van der Waals surface area contributed by atoms with E-state index in [1.165, 1.54) is 7.11 Å². The zero-order chi connectivity index (χ0) is 11.6. The van der Waals surface area contributed by atoms with Gasteiger partial charge in [-0.3, -0.25) is 4.79 Å². The van der Waals surface area contributed by atoms with Gasteiger partial charge in [0, 0.05) is 5.75 Å². The average molecular weight is 231 g/mol. The third-order valence-corrected chi connectivity index (χ3v) is 4.15. The molecule has 1 heterocycles. The van der Waals surface area contributed by atoms with Crippen LogP contribution in [0.25, 0.3) is 0 Å². The number of amides is 1. The lowest BCUT2D eigenvalue weighted by Gasteiger charge is -2.33. The number of carbonyl (C=O) groups excluding carboxylic acids is 2. The molecule has 0 aliphatic carbocycles. The minimum Gasteiger partial charge on any atom is -0.467 e. The first kappa shape index (κ1) is 12.4. The maximum absolute atomic E-state index is 11.4. The SMILES string of the molecule is COC(=O)[C@H]1CS[C@@H](C(C)(C)C)N1C=O. The van der Waals surface area contributed by atoms with Gasteiger partial charge in [-0.25, -0.2) is 4.79 Å². The first-order valence-electron chi connectivity index (χ1n) is 4.84. The van der Waals surface area contributed by atoms with Crippen molar-refractivity contribution in [1.82, 2.24) is 4.90 Å². The number of rotatable bonds is 2. The fourth-order valence-corrected chi connectivity index (χ4v) is 3.21. The number of nitrogens with zero attached hydrogens (tertiary/aromatic N) is 1. The van der Waals surface area contributed by atoms with Gasteiger partial charge in [0.2, 0.25) is 6.41 Å². The number of esters is 1. The van der Waals surface area contributed by atoms with Crippen LogP contribution in [0, 0.1) is 5.41 Å². The van der Waals surface area contributed by atoms with E-state index in [0.29, 0.717) is 5.75 Å². The monoisotopic (exact) mass is 231 g/mol. The second-order valence-electron chi connectivity index (χ2n) is 4.64. The van der Waals surface area contributed by atoms with Gasteiger partial charge in [0.15, 0.2) is 0 Å². The molecule has 1 rings (SSSR count). The van der Waals surface area contributed by atoms with Crippen LogP contribution < -0.4 is 0 Å². The topological polar surface area (TPSA) is 46.6 Å².